The van der Waals surface area contributed by atoms with E-state index in [1.165, 1.54) is 13.0 Å². The number of piperazine rings is 1. The third-order valence-corrected chi connectivity index (χ3v) is 5.99. The van der Waals surface area contributed by atoms with Crippen molar-refractivity contribution in [1.29, 1.82) is 0 Å². The molecule has 0 saturated carbocycles. The lowest BCUT2D eigenvalue weighted by atomic mass is 10.2. The maximum Gasteiger partial charge on any atom is 0.286 e. The second-order valence-electron chi connectivity index (χ2n) is 7.17. The minimum Gasteiger partial charge on any atom is -0.350 e. The van der Waals surface area contributed by atoms with Gasteiger partial charge >= 0.3 is 0 Å². The molecule has 1 aliphatic heterocycles. The highest BCUT2D eigenvalue weighted by molar-refractivity contribution is 7.15. The van der Waals surface area contributed by atoms with E-state index >= 15 is 0 Å². The summed E-state index contributed by atoms with van der Waals surface area (Å²) in [5.74, 6) is -0.724. The molecule has 8 nitrogen and oxygen atoms in total. The third kappa shape index (κ3) is 6.73. The number of nitrogens with one attached hydrogen (secondary N) is 2. The quantitative estimate of drug-likeness (QED) is 0.571. The predicted molar refractivity (Wildman–Crippen MR) is 119 cm³/mol. The van der Waals surface area contributed by atoms with Crippen molar-refractivity contribution in [3.05, 3.63) is 39.3 Å². The Morgan fingerprint density at radius 2 is 1.73 bits per heavy atom. The Morgan fingerprint density at radius 3 is 2.40 bits per heavy atom. The largest absolute Gasteiger partial charge is 0.350 e. The average molecular weight is 451 g/mol. The number of carbonyl (C=O) groups is 2. The van der Waals surface area contributed by atoms with Crippen LogP contribution in [0.4, 0.5) is 5.69 Å². The molecular formula is C20H27ClN6O2S. The van der Waals surface area contributed by atoms with Crippen LogP contribution in [0.3, 0.4) is 0 Å². The van der Waals surface area contributed by atoms with E-state index in [0.29, 0.717) is 17.3 Å². The molecule has 2 heterocycles. The lowest BCUT2D eigenvalue weighted by Gasteiger charge is -2.34. The Labute approximate surface area is 185 Å². The minimum absolute atomic E-state index is 0.130. The van der Waals surface area contributed by atoms with Gasteiger partial charge in [0, 0.05) is 43.4 Å². The molecule has 10 heteroatoms. The molecule has 2 amide bonds. The number of anilines is 1. The van der Waals surface area contributed by atoms with Gasteiger partial charge in [-0.1, -0.05) is 35.9 Å². The maximum absolute atomic E-state index is 12.3. The standard InChI is InChI=1S/C20H27ClN6O2S/c1-2-8-26-10-12-27(13-11-26)9-4-7-22-17(28)19-24-25-20(30-19)18(29)23-16-6-3-5-15(21)14-16/h3,5-6,14H,2,4,7-13H2,1H3,(H,22,28)(H,23,29). The predicted octanol–water partition coefficient (Wildman–Crippen LogP) is 2.59. The molecule has 3 rings (SSSR count). The van der Waals surface area contributed by atoms with Gasteiger partial charge in [0.2, 0.25) is 10.0 Å². The Hall–Kier alpha value is -2.07. The molecule has 0 bridgehead atoms. The number of hydrogen-bond donors (Lipinski definition) is 2. The molecule has 0 atom stereocenters. The monoisotopic (exact) mass is 450 g/mol. The van der Waals surface area contributed by atoms with Gasteiger partial charge in [0.1, 0.15) is 0 Å². The summed E-state index contributed by atoms with van der Waals surface area (Å²) < 4.78 is 0. The van der Waals surface area contributed by atoms with Gasteiger partial charge in [0.15, 0.2) is 0 Å². The van der Waals surface area contributed by atoms with Gasteiger partial charge in [-0.2, -0.15) is 0 Å². The number of amides is 2. The summed E-state index contributed by atoms with van der Waals surface area (Å²) in [4.78, 5) is 29.5. The van der Waals surface area contributed by atoms with Crippen LogP contribution < -0.4 is 10.6 Å². The molecule has 2 N–H and O–H groups in total. The Kier molecular flexibility index (Phi) is 8.56. The zero-order valence-corrected chi connectivity index (χ0v) is 18.6. The van der Waals surface area contributed by atoms with Gasteiger partial charge in [-0.25, -0.2) is 0 Å². The highest BCUT2D eigenvalue weighted by Gasteiger charge is 2.18. The van der Waals surface area contributed by atoms with Crippen LogP contribution >= 0.6 is 22.9 Å². The molecule has 0 spiro atoms. The highest BCUT2D eigenvalue weighted by Crippen LogP contribution is 2.17. The van der Waals surface area contributed by atoms with E-state index in [1.807, 2.05) is 0 Å². The number of aromatic nitrogens is 2. The zero-order valence-electron chi connectivity index (χ0n) is 17.1. The lowest BCUT2D eigenvalue weighted by molar-refractivity contribution is 0.0945. The molecule has 1 aromatic heterocycles. The van der Waals surface area contributed by atoms with Gasteiger partial charge < -0.3 is 20.4 Å². The molecule has 1 aliphatic rings. The van der Waals surface area contributed by atoms with Crippen LogP contribution in [0.1, 0.15) is 39.4 Å². The van der Waals surface area contributed by atoms with Crippen LogP contribution in [0.15, 0.2) is 24.3 Å². The first kappa shape index (κ1) is 22.6. The molecule has 162 valence electrons. The molecule has 30 heavy (non-hydrogen) atoms. The minimum atomic E-state index is -0.420. The molecule has 0 unspecified atom stereocenters. The second kappa shape index (κ2) is 11.4. The fourth-order valence-corrected chi connectivity index (χ4v) is 4.14. The van der Waals surface area contributed by atoms with Gasteiger partial charge in [0.25, 0.3) is 11.8 Å². The van der Waals surface area contributed by atoms with Gasteiger partial charge in [-0.15, -0.1) is 10.2 Å². The average Bonchev–Trinajstić information content (AvgIpc) is 3.23. The molecule has 0 aliphatic carbocycles. The van der Waals surface area contributed by atoms with E-state index in [9.17, 15) is 9.59 Å². The summed E-state index contributed by atoms with van der Waals surface area (Å²) >= 11 is 6.88. The Bertz CT molecular complexity index is 853. The van der Waals surface area contributed by atoms with Crippen LogP contribution in [0.2, 0.25) is 5.02 Å². The van der Waals surface area contributed by atoms with Crippen LogP contribution in [-0.4, -0.2) is 77.6 Å². The number of halogens is 1. The normalized spacial score (nSPS) is 15.1. The van der Waals surface area contributed by atoms with Crippen LogP contribution in [0, 0.1) is 0 Å². The molecular weight excluding hydrogens is 424 g/mol. The van der Waals surface area contributed by atoms with Crippen molar-refractivity contribution in [1.82, 2.24) is 25.3 Å². The van der Waals surface area contributed by atoms with Gasteiger partial charge in [-0.3, -0.25) is 9.59 Å². The number of rotatable bonds is 9. The highest BCUT2D eigenvalue weighted by atomic mass is 35.5. The van der Waals surface area contributed by atoms with Crippen LogP contribution in [0.25, 0.3) is 0 Å². The summed E-state index contributed by atoms with van der Waals surface area (Å²) in [5.41, 5.74) is 0.559. The van der Waals surface area contributed by atoms with E-state index in [4.69, 9.17) is 11.6 Å². The van der Waals surface area contributed by atoms with Crippen molar-refractivity contribution < 1.29 is 9.59 Å². The fourth-order valence-electron chi connectivity index (χ4n) is 3.29. The molecule has 2 aromatic rings. The fraction of sp³-hybridized carbons (Fsp3) is 0.500. The van der Waals surface area contributed by atoms with Crippen molar-refractivity contribution in [2.45, 2.75) is 19.8 Å². The van der Waals surface area contributed by atoms with Crippen LogP contribution in [0.5, 0.6) is 0 Å². The van der Waals surface area contributed by atoms with E-state index in [0.717, 1.165) is 50.5 Å². The topological polar surface area (TPSA) is 90.5 Å². The van der Waals surface area contributed by atoms with Crippen molar-refractivity contribution >= 4 is 40.4 Å². The summed E-state index contributed by atoms with van der Waals surface area (Å²) in [6, 6.07) is 6.82. The molecule has 1 saturated heterocycles. The van der Waals surface area contributed by atoms with E-state index in [1.54, 1.807) is 24.3 Å². The van der Waals surface area contributed by atoms with E-state index in [-0.39, 0.29) is 15.9 Å². The summed E-state index contributed by atoms with van der Waals surface area (Å²) in [6.45, 7) is 9.30. The summed E-state index contributed by atoms with van der Waals surface area (Å²) in [7, 11) is 0. The lowest BCUT2D eigenvalue weighted by Crippen LogP contribution is -2.47. The van der Waals surface area contributed by atoms with Crippen LogP contribution in [-0.2, 0) is 0 Å². The molecule has 1 aromatic carbocycles. The van der Waals surface area contributed by atoms with E-state index < -0.39 is 5.91 Å². The maximum atomic E-state index is 12.3. The Morgan fingerprint density at radius 1 is 1.07 bits per heavy atom. The van der Waals surface area contributed by atoms with E-state index in [2.05, 4.69) is 37.6 Å². The van der Waals surface area contributed by atoms with Gasteiger partial charge in [-0.05, 0) is 44.1 Å². The third-order valence-electron chi connectivity index (χ3n) is 4.84. The molecule has 0 radical (unpaired) electrons. The first-order chi connectivity index (χ1) is 14.5. The summed E-state index contributed by atoms with van der Waals surface area (Å²) in [5, 5.41) is 14.1. The first-order valence-corrected chi connectivity index (χ1v) is 11.4. The van der Waals surface area contributed by atoms with Crippen molar-refractivity contribution in [3.63, 3.8) is 0 Å². The first-order valence-electron chi connectivity index (χ1n) is 10.2. The van der Waals surface area contributed by atoms with Crippen molar-refractivity contribution in [2.75, 3.05) is 51.1 Å². The Balaban J connectivity index is 1.38. The second-order valence-corrected chi connectivity index (χ2v) is 8.58. The number of nitrogens with zero attached hydrogens (tertiary/aromatic N) is 4. The molecule has 1 fully saturated rings. The van der Waals surface area contributed by atoms with Crippen molar-refractivity contribution in [3.8, 4) is 0 Å². The zero-order chi connectivity index (χ0) is 21.3. The number of hydrogen-bond acceptors (Lipinski definition) is 7. The number of carbonyl (C=O) groups excluding carboxylic acids is 2. The van der Waals surface area contributed by atoms with Gasteiger partial charge in [0.05, 0.1) is 0 Å². The van der Waals surface area contributed by atoms with Crippen molar-refractivity contribution in [2.24, 2.45) is 0 Å². The smallest absolute Gasteiger partial charge is 0.286 e. The summed E-state index contributed by atoms with van der Waals surface area (Å²) in [6.07, 6.45) is 2.07. The SMILES string of the molecule is CCCN1CCN(CCCNC(=O)c2nnc(C(=O)Nc3cccc(Cl)c3)s2)CC1. The number of benzene rings is 1.